The van der Waals surface area contributed by atoms with Crippen LogP contribution in [0.25, 0.3) is 0 Å². The van der Waals surface area contributed by atoms with Gasteiger partial charge in [0.05, 0.1) is 0 Å². The molecule has 1 aliphatic rings. The fourth-order valence-electron chi connectivity index (χ4n) is 2.95. The number of hydrogen-bond donors (Lipinski definition) is 1. The van der Waals surface area contributed by atoms with E-state index in [1.807, 2.05) is 19.1 Å². The third-order valence-corrected chi connectivity index (χ3v) is 4.60. The maximum atomic E-state index is 13.4. The van der Waals surface area contributed by atoms with Crippen molar-refractivity contribution in [1.29, 1.82) is 0 Å². The number of piperidine rings is 1. The molecule has 2 N–H and O–H groups in total. The van der Waals surface area contributed by atoms with Gasteiger partial charge in [-0.15, -0.1) is 0 Å². The van der Waals surface area contributed by atoms with E-state index in [0.29, 0.717) is 18.0 Å². The fraction of sp³-hybridized carbons (Fsp3) is 0.625. The van der Waals surface area contributed by atoms with Crippen molar-refractivity contribution in [2.24, 2.45) is 17.6 Å². The van der Waals surface area contributed by atoms with Gasteiger partial charge in [-0.2, -0.15) is 0 Å². The van der Waals surface area contributed by atoms with Crippen molar-refractivity contribution in [2.75, 3.05) is 19.6 Å². The van der Waals surface area contributed by atoms with Crippen LogP contribution in [-0.4, -0.2) is 24.5 Å². The highest BCUT2D eigenvalue weighted by molar-refractivity contribution is 5.27. The molecule has 1 heterocycles. The van der Waals surface area contributed by atoms with Crippen LogP contribution in [0.15, 0.2) is 18.2 Å². The van der Waals surface area contributed by atoms with Gasteiger partial charge >= 0.3 is 0 Å². The molecule has 1 aromatic carbocycles. The first-order valence-electron chi connectivity index (χ1n) is 7.23. The summed E-state index contributed by atoms with van der Waals surface area (Å²) in [5.74, 6) is 1.34. The SMILES string of the molecule is Cc1cc(C(CN)N2CCC(C)C(C)C2)ccc1F. The second-order valence-corrected chi connectivity index (χ2v) is 6.00. The van der Waals surface area contributed by atoms with Crippen molar-refractivity contribution in [3.05, 3.63) is 35.1 Å². The topological polar surface area (TPSA) is 29.3 Å². The summed E-state index contributed by atoms with van der Waals surface area (Å²) in [7, 11) is 0. The Kier molecular flexibility index (Phi) is 4.58. The predicted octanol–water partition coefficient (Wildman–Crippen LogP) is 3.11. The minimum Gasteiger partial charge on any atom is -0.329 e. The third-order valence-electron chi connectivity index (χ3n) is 4.60. The van der Waals surface area contributed by atoms with Gasteiger partial charge in [-0.3, -0.25) is 4.90 Å². The average molecular weight is 264 g/mol. The van der Waals surface area contributed by atoms with Crippen LogP contribution in [0.5, 0.6) is 0 Å². The molecular formula is C16H25FN2. The highest BCUT2D eigenvalue weighted by atomic mass is 19.1. The Morgan fingerprint density at radius 3 is 2.68 bits per heavy atom. The van der Waals surface area contributed by atoms with Gasteiger partial charge in [-0.25, -0.2) is 4.39 Å². The largest absolute Gasteiger partial charge is 0.329 e. The van der Waals surface area contributed by atoms with E-state index in [2.05, 4.69) is 18.7 Å². The van der Waals surface area contributed by atoms with Crippen molar-refractivity contribution < 1.29 is 4.39 Å². The molecule has 3 unspecified atom stereocenters. The molecule has 3 heteroatoms. The summed E-state index contributed by atoms with van der Waals surface area (Å²) in [4.78, 5) is 2.46. The van der Waals surface area contributed by atoms with Crippen molar-refractivity contribution in [3.63, 3.8) is 0 Å². The standard InChI is InChI=1S/C16H25FN2/c1-11-6-7-19(10-13(11)3)16(9-18)14-4-5-15(17)12(2)8-14/h4-5,8,11,13,16H,6-7,9-10,18H2,1-3H3. The van der Waals surface area contributed by atoms with Gasteiger partial charge in [0.2, 0.25) is 0 Å². The zero-order chi connectivity index (χ0) is 14.0. The van der Waals surface area contributed by atoms with Gasteiger partial charge in [0.25, 0.3) is 0 Å². The first-order valence-corrected chi connectivity index (χ1v) is 7.23. The molecule has 0 amide bonds. The van der Waals surface area contributed by atoms with E-state index in [1.165, 1.54) is 6.42 Å². The van der Waals surface area contributed by atoms with E-state index in [1.54, 1.807) is 6.07 Å². The molecule has 2 rings (SSSR count). The second-order valence-electron chi connectivity index (χ2n) is 6.00. The molecule has 19 heavy (non-hydrogen) atoms. The summed E-state index contributed by atoms with van der Waals surface area (Å²) in [6, 6.07) is 5.59. The second kappa shape index (κ2) is 6.02. The quantitative estimate of drug-likeness (QED) is 0.909. The van der Waals surface area contributed by atoms with E-state index in [9.17, 15) is 4.39 Å². The zero-order valence-corrected chi connectivity index (χ0v) is 12.2. The number of nitrogens with zero attached hydrogens (tertiary/aromatic N) is 1. The zero-order valence-electron chi connectivity index (χ0n) is 12.2. The van der Waals surface area contributed by atoms with Crippen LogP contribution in [0.2, 0.25) is 0 Å². The monoisotopic (exact) mass is 264 g/mol. The first-order chi connectivity index (χ1) is 9.02. The molecule has 1 aliphatic heterocycles. The number of benzene rings is 1. The lowest BCUT2D eigenvalue weighted by Crippen LogP contribution is -2.43. The number of halogens is 1. The summed E-state index contributed by atoms with van der Waals surface area (Å²) in [6.45, 7) is 9.20. The average Bonchev–Trinajstić information content (AvgIpc) is 2.39. The van der Waals surface area contributed by atoms with Gasteiger partial charge in [-0.1, -0.05) is 26.0 Å². The Bertz CT molecular complexity index is 433. The molecule has 0 spiro atoms. The summed E-state index contributed by atoms with van der Waals surface area (Å²) in [6.07, 6.45) is 1.22. The molecule has 1 saturated heterocycles. The molecule has 1 aromatic rings. The summed E-state index contributed by atoms with van der Waals surface area (Å²) >= 11 is 0. The molecule has 106 valence electrons. The van der Waals surface area contributed by atoms with E-state index >= 15 is 0 Å². The fourth-order valence-corrected chi connectivity index (χ4v) is 2.95. The van der Waals surface area contributed by atoms with Gasteiger partial charge in [0.15, 0.2) is 0 Å². The Morgan fingerprint density at radius 2 is 2.11 bits per heavy atom. The maximum absolute atomic E-state index is 13.4. The van der Waals surface area contributed by atoms with Crippen molar-refractivity contribution in [3.8, 4) is 0 Å². The summed E-state index contributed by atoms with van der Waals surface area (Å²) in [5.41, 5.74) is 7.81. The van der Waals surface area contributed by atoms with Crippen LogP contribution in [0.4, 0.5) is 4.39 Å². The number of hydrogen-bond acceptors (Lipinski definition) is 2. The van der Waals surface area contributed by atoms with Crippen LogP contribution < -0.4 is 5.73 Å². The Labute approximate surface area is 115 Å². The van der Waals surface area contributed by atoms with Crippen LogP contribution in [0.3, 0.4) is 0 Å². The van der Waals surface area contributed by atoms with Gasteiger partial charge in [0.1, 0.15) is 5.82 Å². The number of likely N-dealkylation sites (tertiary alicyclic amines) is 1. The maximum Gasteiger partial charge on any atom is 0.126 e. The summed E-state index contributed by atoms with van der Waals surface area (Å²) in [5, 5.41) is 0. The lowest BCUT2D eigenvalue weighted by atomic mass is 9.87. The minimum atomic E-state index is -0.139. The molecule has 1 fully saturated rings. The smallest absolute Gasteiger partial charge is 0.126 e. The van der Waals surface area contributed by atoms with Gasteiger partial charge in [-0.05, 0) is 48.9 Å². The number of nitrogens with two attached hydrogens (primary N) is 1. The molecule has 0 saturated carbocycles. The lowest BCUT2D eigenvalue weighted by Gasteiger charge is -2.40. The molecule has 0 radical (unpaired) electrons. The molecule has 3 atom stereocenters. The normalized spacial score (nSPS) is 26.4. The minimum absolute atomic E-state index is 0.139. The number of rotatable bonds is 3. The highest BCUT2D eigenvalue weighted by Gasteiger charge is 2.28. The Hall–Kier alpha value is -0.930. The lowest BCUT2D eigenvalue weighted by molar-refractivity contribution is 0.0982. The van der Waals surface area contributed by atoms with E-state index < -0.39 is 0 Å². The Morgan fingerprint density at radius 1 is 1.37 bits per heavy atom. The van der Waals surface area contributed by atoms with E-state index in [4.69, 9.17) is 5.73 Å². The summed E-state index contributed by atoms with van der Waals surface area (Å²) < 4.78 is 13.4. The molecule has 0 aromatic heterocycles. The van der Waals surface area contributed by atoms with Crippen LogP contribution >= 0.6 is 0 Å². The van der Waals surface area contributed by atoms with Gasteiger partial charge in [0, 0.05) is 19.1 Å². The first kappa shape index (κ1) is 14.5. The molecule has 2 nitrogen and oxygen atoms in total. The molecule has 0 aliphatic carbocycles. The van der Waals surface area contributed by atoms with E-state index in [-0.39, 0.29) is 11.9 Å². The van der Waals surface area contributed by atoms with Crippen molar-refractivity contribution in [2.45, 2.75) is 33.2 Å². The van der Waals surface area contributed by atoms with Crippen LogP contribution in [0.1, 0.15) is 37.4 Å². The van der Waals surface area contributed by atoms with Crippen LogP contribution in [-0.2, 0) is 0 Å². The van der Waals surface area contributed by atoms with E-state index in [0.717, 1.165) is 24.6 Å². The molecular weight excluding hydrogens is 239 g/mol. The van der Waals surface area contributed by atoms with Gasteiger partial charge < -0.3 is 5.73 Å². The van der Waals surface area contributed by atoms with Crippen LogP contribution in [0, 0.1) is 24.6 Å². The number of aryl methyl sites for hydroxylation is 1. The molecule has 0 bridgehead atoms. The Balaban J connectivity index is 2.17. The third kappa shape index (κ3) is 3.15. The van der Waals surface area contributed by atoms with Crippen molar-refractivity contribution >= 4 is 0 Å². The predicted molar refractivity (Wildman–Crippen MR) is 77.5 cm³/mol. The van der Waals surface area contributed by atoms with Crippen molar-refractivity contribution in [1.82, 2.24) is 4.90 Å². The highest BCUT2D eigenvalue weighted by Crippen LogP contribution is 2.29.